The predicted octanol–water partition coefficient (Wildman–Crippen LogP) is 1.17. The second-order valence-electron chi connectivity index (χ2n) is 4.48. The van der Waals surface area contributed by atoms with Gasteiger partial charge in [-0.05, 0) is 24.1 Å². The largest absolute Gasteiger partial charge is 0.481 e. The number of rotatable bonds is 3. The Kier molecular flexibility index (Phi) is 2.16. The van der Waals surface area contributed by atoms with Gasteiger partial charge < -0.3 is 9.90 Å². The van der Waals surface area contributed by atoms with Crippen molar-refractivity contribution in [2.45, 2.75) is 11.8 Å². The molecule has 0 amide bonds. The Balaban J connectivity index is 2.14. The Morgan fingerprint density at radius 3 is 2.67 bits per heavy atom. The molecule has 1 saturated carbocycles. The molecule has 1 aliphatic rings. The molecule has 3 rings (SSSR count). The summed E-state index contributed by atoms with van der Waals surface area (Å²) in [6.45, 7) is 0. The highest BCUT2D eigenvalue weighted by Crippen LogP contribution is 2.53. The number of hydrogen-bond donors (Lipinski definition) is 1. The Labute approximate surface area is 102 Å². The molecule has 1 heterocycles. The Morgan fingerprint density at radius 2 is 2.06 bits per heavy atom. The molecule has 0 aliphatic heterocycles. The van der Waals surface area contributed by atoms with Gasteiger partial charge in [0, 0.05) is 18.3 Å². The number of benzene rings is 1. The molecule has 2 unspecified atom stereocenters. The van der Waals surface area contributed by atoms with E-state index in [-0.39, 0.29) is 0 Å². The molecule has 2 atom stereocenters. The van der Waals surface area contributed by atoms with Crippen molar-refractivity contribution in [3.63, 3.8) is 0 Å². The lowest BCUT2D eigenvalue weighted by Crippen LogP contribution is -2.23. The van der Waals surface area contributed by atoms with Crippen LogP contribution in [0.15, 0.2) is 30.6 Å². The average Bonchev–Trinajstić information content (AvgIpc) is 3.14. The lowest BCUT2D eigenvalue weighted by molar-refractivity contribution is -0.141. The van der Waals surface area contributed by atoms with Crippen LogP contribution >= 0.6 is 0 Å². The topological polar surface area (TPSA) is 80.2 Å². The van der Waals surface area contributed by atoms with Gasteiger partial charge in [0.2, 0.25) is 0 Å². The van der Waals surface area contributed by atoms with E-state index in [1.54, 1.807) is 30.6 Å². The monoisotopic (exact) mass is 242 g/mol. The fraction of sp³-hybridized carbons (Fsp3) is 0.231. The van der Waals surface area contributed by atoms with Gasteiger partial charge >= 0.3 is 5.97 Å². The number of aldehydes is 1. The fourth-order valence-corrected chi connectivity index (χ4v) is 2.39. The molecule has 1 aromatic carbocycles. The maximum absolute atomic E-state index is 11.4. The van der Waals surface area contributed by atoms with E-state index >= 15 is 0 Å². The summed E-state index contributed by atoms with van der Waals surface area (Å²) in [6, 6.07) is 5.16. The summed E-state index contributed by atoms with van der Waals surface area (Å²) in [7, 11) is 0. The van der Waals surface area contributed by atoms with Crippen LogP contribution in [0.2, 0.25) is 0 Å². The number of carbonyl (C=O) groups is 2. The van der Waals surface area contributed by atoms with E-state index in [0.717, 1.165) is 6.29 Å². The van der Waals surface area contributed by atoms with Crippen LogP contribution in [0.3, 0.4) is 0 Å². The molecule has 5 nitrogen and oxygen atoms in total. The van der Waals surface area contributed by atoms with Crippen LogP contribution in [0, 0.1) is 5.92 Å². The van der Waals surface area contributed by atoms with E-state index in [1.165, 1.54) is 0 Å². The molecule has 1 fully saturated rings. The van der Waals surface area contributed by atoms with Crippen molar-refractivity contribution >= 4 is 23.3 Å². The summed E-state index contributed by atoms with van der Waals surface area (Å²) in [6.07, 6.45) is 4.22. The van der Waals surface area contributed by atoms with Crippen LogP contribution in [-0.2, 0) is 15.0 Å². The van der Waals surface area contributed by atoms with E-state index in [9.17, 15) is 14.7 Å². The smallest absolute Gasteiger partial charge is 0.314 e. The Bertz CT molecular complexity index is 655. The minimum Gasteiger partial charge on any atom is -0.481 e. The van der Waals surface area contributed by atoms with E-state index in [1.807, 2.05) is 0 Å². The van der Waals surface area contributed by atoms with Gasteiger partial charge in [0.25, 0.3) is 0 Å². The molecule has 5 heteroatoms. The summed E-state index contributed by atoms with van der Waals surface area (Å²) in [4.78, 5) is 30.5. The van der Waals surface area contributed by atoms with Crippen molar-refractivity contribution in [2.75, 3.05) is 0 Å². The third kappa shape index (κ3) is 1.33. The minimum atomic E-state index is -1.06. The quantitative estimate of drug-likeness (QED) is 0.817. The highest BCUT2D eigenvalue weighted by molar-refractivity contribution is 5.92. The molecule has 0 saturated heterocycles. The third-order valence-corrected chi connectivity index (χ3v) is 3.55. The van der Waals surface area contributed by atoms with Crippen LogP contribution in [0.25, 0.3) is 11.0 Å². The first kappa shape index (κ1) is 10.8. The van der Waals surface area contributed by atoms with E-state index in [0.29, 0.717) is 23.0 Å². The van der Waals surface area contributed by atoms with Gasteiger partial charge in [-0.1, -0.05) is 6.07 Å². The predicted molar refractivity (Wildman–Crippen MR) is 63.0 cm³/mol. The van der Waals surface area contributed by atoms with Crippen molar-refractivity contribution < 1.29 is 14.7 Å². The molecule has 90 valence electrons. The lowest BCUT2D eigenvalue weighted by atomic mass is 9.93. The van der Waals surface area contributed by atoms with Gasteiger partial charge in [-0.2, -0.15) is 0 Å². The van der Waals surface area contributed by atoms with Crippen molar-refractivity contribution in [3.05, 3.63) is 36.2 Å². The van der Waals surface area contributed by atoms with Crippen molar-refractivity contribution in [1.29, 1.82) is 0 Å². The second kappa shape index (κ2) is 3.60. The zero-order valence-corrected chi connectivity index (χ0v) is 9.41. The SMILES string of the molecule is O=CC1CC1(C(=O)O)c1ccc2nccnc2c1. The number of nitrogens with zero attached hydrogens (tertiary/aromatic N) is 2. The standard InChI is InChI=1S/C13H10N2O3/c16-7-9-6-13(9,12(17)18)8-1-2-10-11(5-8)15-4-3-14-10/h1-5,7,9H,6H2,(H,17,18). The Hall–Kier alpha value is -2.30. The maximum atomic E-state index is 11.4. The van der Waals surface area contributed by atoms with Crippen LogP contribution in [0.4, 0.5) is 0 Å². The number of hydrogen-bond acceptors (Lipinski definition) is 4. The van der Waals surface area contributed by atoms with Crippen LogP contribution in [0.5, 0.6) is 0 Å². The van der Waals surface area contributed by atoms with E-state index < -0.39 is 17.3 Å². The number of fused-ring (bicyclic) bond motifs is 1. The van der Waals surface area contributed by atoms with Crippen LogP contribution < -0.4 is 0 Å². The summed E-state index contributed by atoms with van der Waals surface area (Å²) in [5, 5.41) is 9.34. The van der Waals surface area contributed by atoms with Crippen molar-refractivity contribution in [2.24, 2.45) is 5.92 Å². The number of carboxylic acid groups (broad SMARTS) is 1. The van der Waals surface area contributed by atoms with Crippen LogP contribution in [0.1, 0.15) is 12.0 Å². The Morgan fingerprint density at radius 1 is 1.33 bits per heavy atom. The van der Waals surface area contributed by atoms with Gasteiger partial charge in [-0.15, -0.1) is 0 Å². The molecule has 1 N–H and O–H groups in total. The molecule has 0 radical (unpaired) electrons. The fourth-order valence-electron chi connectivity index (χ4n) is 2.39. The number of carboxylic acids is 1. The molecule has 1 aliphatic carbocycles. The normalized spacial score (nSPS) is 25.9. The first-order valence-corrected chi connectivity index (χ1v) is 5.58. The van der Waals surface area contributed by atoms with Gasteiger partial charge in [0.05, 0.1) is 11.0 Å². The maximum Gasteiger partial charge on any atom is 0.314 e. The van der Waals surface area contributed by atoms with Crippen molar-refractivity contribution in [1.82, 2.24) is 9.97 Å². The zero-order valence-electron chi connectivity index (χ0n) is 9.41. The highest BCUT2D eigenvalue weighted by atomic mass is 16.4. The summed E-state index contributed by atoms with van der Waals surface area (Å²) in [5.74, 6) is -1.40. The summed E-state index contributed by atoms with van der Waals surface area (Å²) < 4.78 is 0. The van der Waals surface area contributed by atoms with Gasteiger partial charge in [-0.3, -0.25) is 14.8 Å². The molecule has 2 aromatic rings. The second-order valence-corrected chi connectivity index (χ2v) is 4.48. The molecule has 18 heavy (non-hydrogen) atoms. The molecular formula is C13H10N2O3. The first-order chi connectivity index (χ1) is 8.68. The highest BCUT2D eigenvalue weighted by Gasteiger charge is 2.61. The minimum absolute atomic E-state index is 0.359. The molecule has 0 bridgehead atoms. The number of aliphatic carboxylic acids is 1. The molecule has 1 aromatic heterocycles. The van der Waals surface area contributed by atoms with Gasteiger partial charge in [0.15, 0.2) is 0 Å². The van der Waals surface area contributed by atoms with Gasteiger partial charge in [0.1, 0.15) is 11.7 Å². The summed E-state index contributed by atoms with van der Waals surface area (Å²) >= 11 is 0. The van der Waals surface area contributed by atoms with Gasteiger partial charge in [-0.25, -0.2) is 0 Å². The third-order valence-electron chi connectivity index (χ3n) is 3.55. The van der Waals surface area contributed by atoms with E-state index in [4.69, 9.17) is 0 Å². The van der Waals surface area contributed by atoms with E-state index in [2.05, 4.69) is 9.97 Å². The summed E-state index contributed by atoms with van der Waals surface area (Å²) in [5.41, 5.74) is 0.922. The molecular weight excluding hydrogens is 232 g/mol. The first-order valence-electron chi connectivity index (χ1n) is 5.58. The zero-order chi connectivity index (χ0) is 12.8. The van der Waals surface area contributed by atoms with Crippen molar-refractivity contribution in [3.8, 4) is 0 Å². The number of carbonyl (C=O) groups excluding carboxylic acids is 1. The number of aromatic nitrogens is 2. The average molecular weight is 242 g/mol. The lowest BCUT2D eigenvalue weighted by Gasteiger charge is -2.11. The molecule has 0 spiro atoms. The van der Waals surface area contributed by atoms with Crippen LogP contribution in [-0.4, -0.2) is 27.3 Å².